The molecule has 14 aromatic carbocycles. The molecule has 430 valence electrons. The van der Waals surface area contributed by atoms with Gasteiger partial charge in [-0.3, -0.25) is 0 Å². The van der Waals surface area contributed by atoms with Gasteiger partial charge in [-0.25, -0.2) is 0 Å². The summed E-state index contributed by atoms with van der Waals surface area (Å²) in [6.45, 7) is 0. The Bertz CT molecular complexity index is 6310. The Morgan fingerprint density at radius 1 is 0.207 bits per heavy atom. The molecule has 2 nitrogen and oxygen atoms in total. The molecule has 6 heterocycles. The summed E-state index contributed by atoms with van der Waals surface area (Å²) in [5.41, 5.74) is 20.1. The zero-order valence-corrected chi connectivity index (χ0v) is 52.8. The van der Waals surface area contributed by atoms with Crippen LogP contribution in [0, 0.1) is 0 Å². The van der Waals surface area contributed by atoms with Gasteiger partial charge in [0.25, 0.3) is 0 Å². The van der Waals surface area contributed by atoms with E-state index in [9.17, 15) is 0 Å². The highest BCUT2D eigenvalue weighted by atomic mass is 32.1. The van der Waals surface area contributed by atoms with Crippen molar-refractivity contribution in [2.75, 3.05) is 0 Å². The molecule has 0 bridgehead atoms. The number of benzene rings is 14. The third-order valence-corrected chi connectivity index (χ3v) is 23.4. The van der Waals surface area contributed by atoms with E-state index in [4.69, 9.17) is 0 Å². The van der Waals surface area contributed by atoms with Crippen molar-refractivity contribution in [1.29, 1.82) is 0 Å². The van der Waals surface area contributed by atoms with Crippen molar-refractivity contribution in [1.82, 2.24) is 9.13 Å². The molecule has 20 rings (SSSR count). The van der Waals surface area contributed by atoms with E-state index in [0.717, 1.165) is 0 Å². The number of nitrogens with zero attached hydrogens (tertiary/aromatic N) is 2. The zero-order chi connectivity index (χ0) is 60.4. The molecule has 0 fully saturated rings. The summed E-state index contributed by atoms with van der Waals surface area (Å²) >= 11 is 7.60. The van der Waals surface area contributed by atoms with Crippen LogP contribution in [0.1, 0.15) is 0 Å². The molecule has 0 atom stereocenters. The maximum atomic E-state index is 2.46. The van der Waals surface area contributed by atoms with Crippen LogP contribution in [-0.2, 0) is 0 Å². The second-order valence-corrected chi connectivity index (χ2v) is 27.9. The van der Waals surface area contributed by atoms with Crippen LogP contribution in [-0.4, -0.2) is 9.13 Å². The van der Waals surface area contributed by atoms with Crippen LogP contribution in [0.5, 0.6) is 0 Å². The highest BCUT2D eigenvalue weighted by Crippen LogP contribution is 2.51. The Balaban J connectivity index is 0.000000132. The Kier molecular flexibility index (Phi) is 12.4. The van der Waals surface area contributed by atoms with E-state index in [1.807, 2.05) is 45.3 Å². The van der Waals surface area contributed by atoms with Crippen LogP contribution in [0.25, 0.3) is 181 Å². The number of thiophene rings is 4. The van der Waals surface area contributed by atoms with E-state index in [1.165, 1.54) is 181 Å². The quantitative estimate of drug-likeness (QED) is 0.151. The summed E-state index contributed by atoms with van der Waals surface area (Å²) in [7, 11) is 0. The highest BCUT2D eigenvalue weighted by molar-refractivity contribution is 7.28. The van der Waals surface area contributed by atoms with E-state index in [-0.39, 0.29) is 0 Å². The van der Waals surface area contributed by atoms with Crippen molar-refractivity contribution >= 4 is 159 Å². The third kappa shape index (κ3) is 8.35. The van der Waals surface area contributed by atoms with E-state index in [2.05, 4.69) is 325 Å². The maximum Gasteiger partial charge on any atom is 0.0734 e. The van der Waals surface area contributed by atoms with Gasteiger partial charge in [-0.1, -0.05) is 243 Å². The van der Waals surface area contributed by atoms with Gasteiger partial charge in [-0.05, 0) is 139 Å². The summed E-state index contributed by atoms with van der Waals surface area (Å²) in [4.78, 5) is 0. The lowest BCUT2D eigenvalue weighted by atomic mass is 9.94. The molecule has 6 aromatic heterocycles. The van der Waals surface area contributed by atoms with Crippen LogP contribution in [0.4, 0.5) is 0 Å². The summed E-state index contributed by atoms with van der Waals surface area (Å²) in [5.74, 6) is 0. The van der Waals surface area contributed by atoms with Crippen LogP contribution in [0.3, 0.4) is 0 Å². The molecule has 0 spiro atoms. The van der Waals surface area contributed by atoms with E-state index >= 15 is 0 Å². The molecule has 6 heteroatoms. The van der Waals surface area contributed by atoms with Gasteiger partial charge in [0, 0.05) is 82.7 Å². The smallest absolute Gasteiger partial charge is 0.0734 e. The van der Waals surface area contributed by atoms with Gasteiger partial charge in [0.1, 0.15) is 0 Å². The molecular weight excluding hydrogens is 1190 g/mol. The lowest BCUT2D eigenvalue weighted by molar-refractivity contribution is 1.19. The molecule has 0 aliphatic rings. The minimum absolute atomic E-state index is 1.19. The topological polar surface area (TPSA) is 9.86 Å². The van der Waals surface area contributed by atoms with Crippen molar-refractivity contribution in [3.63, 3.8) is 0 Å². The van der Waals surface area contributed by atoms with E-state index in [1.54, 1.807) is 0 Å². The number of hydrogen-bond acceptors (Lipinski definition) is 4. The molecule has 0 amide bonds. The van der Waals surface area contributed by atoms with E-state index in [0.29, 0.717) is 0 Å². The largest absolute Gasteiger partial charge is 0.308 e. The minimum atomic E-state index is 1.19. The van der Waals surface area contributed by atoms with Crippen molar-refractivity contribution in [2.24, 2.45) is 0 Å². The fourth-order valence-corrected chi connectivity index (χ4v) is 19.7. The first-order valence-corrected chi connectivity index (χ1v) is 34.5. The van der Waals surface area contributed by atoms with Gasteiger partial charge in [0.05, 0.1) is 31.5 Å². The Labute approximate surface area is 546 Å². The van der Waals surface area contributed by atoms with Crippen molar-refractivity contribution in [3.05, 3.63) is 315 Å². The predicted octanol–water partition coefficient (Wildman–Crippen LogP) is 26.2. The number of para-hydroxylation sites is 4. The molecule has 0 saturated heterocycles. The molecule has 0 aliphatic carbocycles. The molecule has 92 heavy (non-hydrogen) atoms. The predicted molar refractivity (Wildman–Crippen MR) is 403 cm³/mol. The minimum Gasteiger partial charge on any atom is -0.308 e. The fourth-order valence-electron chi connectivity index (χ4n) is 14.6. The number of hydrogen-bond donors (Lipinski definition) is 0. The Hall–Kier alpha value is -10.7. The first-order valence-electron chi connectivity index (χ1n) is 31.2. The standard InChI is InChI=1S/C44H27NS2.C42H25NS2/c1-3-13-28(14-4-1)34-22-10-23-36-40-32(20-11-25-38(40)46-43(34)36)29-15-9-16-30(27-29)33-21-12-26-39-41(33)42-44(47-39)35-19-7-8-24-37(35)45(42)31-17-5-2-6-18-31;1-2-14-29(15-3-1)43-35-20-7-6-17-33(35)42-40(43)39-31(19-10-22-37(39)45-42)28-13-8-12-27(25-28)30-18-9-21-36-38(30)34-24-23-26-11-4-5-16-32(26)41(34)44-36/h1-27H;1-25H. The average Bonchev–Trinajstić information content (AvgIpc) is 1.63. The molecule has 0 unspecified atom stereocenters. The summed E-state index contributed by atoms with van der Waals surface area (Å²) in [6, 6.07) is 116. The van der Waals surface area contributed by atoms with Gasteiger partial charge < -0.3 is 9.13 Å². The summed E-state index contributed by atoms with van der Waals surface area (Å²) in [6.07, 6.45) is 0. The zero-order valence-electron chi connectivity index (χ0n) is 49.5. The first-order chi connectivity index (χ1) is 45.7. The van der Waals surface area contributed by atoms with Gasteiger partial charge in [-0.2, -0.15) is 0 Å². The van der Waals surface area contributed by atoms with Crippen molar-refractivity contribution in [3.8, 4) is 67.0 Å². The molecule has 0 radical (unpaired) electrons. The normalized spacial score (nSPS) is 11.9. The maximum absolute atomic E-state index is 2.46. The van der Waals surface area contributed by atoms with Crippen LogP contribution in [0.15, 0.2) is 315 Å². The Morgan fingerprint density at radius 3 is 1.07 bits per heavy atom. The number of rotatable bonds is 7. The van der Waals surface area contributed by atoms with Crippen LogP contribution >= 0.6 is 45.3 Å². The fraction of sp³-hybridized carbons (Fsp3) is 0. The third-order valence-electron chi connectivity index (χ3n) is 18.6. The number of fused-ring (bicyclic) bond motifs is 18. The lowest BCUT2D eigenvalue weighted by Crippen LogP contribution is -1.93. The number of aromatic nitrogens is 2. The van der Waals surface area contributed by atoms with E-state index < -0.39 is 0 Å². The second-order valence-electron chi connectivity index (χ2n) is 23.7. The van der Waals surface area contributed by atoms with Crippen molar-refractivity contribution in [2.45, 2.75) is 0 Å². The molecule has 20 aromatic rings. The molecule has 0 saturated carbocycles. The van der Waals surface area contributed by atoms with Gasteiger partial charge in [0.15, 0.2) is 0 Å². The van der Waals surface area contributed by atoms with Gasteiger partial charge in [0.2, 0.25) is 0 Å². The van der Waals surface area contributed by atoms with Gasteiger partial charge >= 0.3 is 0 Å². The first kappa shape index (κ1) is 53.2. The monoisotopic (exact) mass is 1240 g/mol. The highest BCUT2D eigenvalue weighted by Gasteiger charge is 2.24. The second kappa shape index (κ2) is 21.5. The summed E-state index contributed by atoms with van der Waals surface area (Å²) in [5, 5.41) is 13.2. The molecular formula is C86H52N2S4. The SMILES string of the molecule is c1ccc(-c2cccc3c2sc2cccc(-c4cccc(-c5cccc6sc7c8ccccc8n(-c8ccccc8)c7c56)c4)c23)cc1.c1ccc(-n2c3ccccc3c3sc4cccc(-c5cccc(-c6cccc7sc8c9ccccc9ccc8c67)c5)c4c32)cc1. The van der Waals surface area contributed by atoms with Gasteiger partial charge in [-0.15, -0.1) is 45.3 Å². The van der Waals surface area contributed by atoms with Crippen LogP contribution < -0.4 is 0 Å². The van der Waals surface area contributed by atoms with Crippen molar-refractivity contribution < 1.29 is 0 Å². The molecule has 0 aliphatic heterocycles. The Morgan fingerprint density at radius 2 is 0.554 bits per heavy atom. The molecule has 0 N–H and O–H groups in total. The van der Waals surface area contributed by atoms with Crippen LogP contribution in [0.2, 0.25) is 0 Å². The average molecular weight is 1240 g/mol. The summed E-state index contributed by atoms with van der Waals surface area (Å²) < 4.78 is 15.6. The lowest BCUT2D eigenvalue weighted by Gasteiger charge is -2.12.